The highest BCUT2D eigenvalue weighted by Gasteiger charge is 2.28. The van der Waals surface area contributed by atoms with E-state index in [9.17, 15) is 0 Å². The van der Waals surface area contributed by atoms with Gasteiger partial charge in [-0.15, -0.1) is 35.3 Å². The Hall–Kier alpha value is -7.35. The smallest absolute Gasteiger partial charge is 0.158 e. The van der Waals surface area contributed by atoms with E-state index < -0.39 is 0 Å². The summed E-state index contributed by atoms with van der Waals surface area (Å²) in [4.78, 5) is 7.66. The molecule has 0 saturated heterocycles. The number of ether oxygens (including phenoxy) is 4. The fourth-order valence-corrected chi connectivity index (χ4v) is 14.7. The van der Waals surface area contributed by atoms with Crippen LogP contribution in [0, 0.1) is 32.6 Å². The van der Waals surface area contributed by atoms with Gasteiger partial charge in [-0.3, -0.25) is 0 Å². The Morgan fingerprint density at radius 3 is 1.40 bits per heavy atom. The molecule has 0 aromatic heterocycles. The minimum Gasteiger partial charge on any atom is -0.489 e. The highest BCUT2D eigenvalue weighted by molar-refractivity contribution is 8.00. The first-order valence-corrected chi connectivity index (χ1v) is 34.9. The topological polar surface area (TPSA) is 392 Å². The third-order valence-corrected chi connectivity index (χ3v) is 20.5. The van der Waals surface area contributed by atoms with Crippen LogP contribution in [0.4, 0.5) is 85.3 Å². The third-order valence-electron chi connectivity index (χ3n) is 16.8. The Balaban J connectivity index is 0.000000157. The van der Waals surface area contributed by atoms with Gasteiger partial charge < -0.3 is 114 Å². The summed E-state index contributed by atoms with van der Waals surface area (Å²) < 4.78 is 22.8. The maximum absolute atomic E-state index is 6.06. The SMILES string of the molecule is CCC1CSc2c(N)cc(C)c(N)c2O1.CCCOC1CNc2c(N)ccc(N)c2C1.CCN(CC)CC1CNc2c(N)ccc(N)c2C1.CN(C)CC1CNc2c(N)ccc(N)c2C1.Cc1cc(N)c2c(c1N)OC(C)CS2.Cc1cc(N)c2c(c1N)OCCS2. The number of nitrogens with one attached hydrogen (secondary N) is 3. The van der Waals surface area contributed by atoms with Gasteiger partial charge in [0.25, 0.3) is 0 Å². The number of aryl methyl sites for hydroxylation is 3. The fourth-order valence-electron chi connectivity index (χ4n) is 11.6. The van der Waals surface area contributed by atoms with E-state index in [-0.39, 0.29) is 18.3 Å². The van der Waals surface area contributed by atoms with Crippen molar-refractivity contribution in [1.29, 1.82) is 0 Å². The van der Waals surface area contributed by atoms with E-state index in [1.165, 1.54) is 11.1 Å². The number of anilines is 15. The van der Waals surface area contributed by atoms with Crippen LogP contribution in [0.3, 0.4) is 0 Å². The zero-order valence-electron chi connectivity index (χ0n) is 55.8. The average Bonchev–Trinajstić information content (AvgIpc) is 0.881. The Morgan fingerprint density at radius 2 is 0.935 bits per heavy atom. The lowest BCUT2D eigenvalue weighted by Gasteiger charge is -2.31. The molecule has 12 rings (SSSR count). The molecular formula is C68H105N17O4S3. The minimum absolute atomic E-state index is 0.205. The van der Waals surface area contributed by atoms with Crippen LogP contribution in [0.2, 0.25) is 0 Å². The van der Waals surface area contributed by atoms with E-state index in [2.05, 4.69) is 67.5 Å². The van der Waals surface area contributed by atoms with E-state index in [0.717, 1.165) is 236 Å². The normalized spacial score (nSPS) is 18.6. The maximum Gasteiger partial charge on any atom is 0.158 e. The van der Waals surface area contributed by atoms with Crippen molar-refractivity contribution in [3.05, 3.63) is 88.0 Å². The summed E-state index contributed by atoms with van der Waals surface area (Å²) in [6.07, 6.45) is 5.58. The lowest BCUT2D eigenvalue weighted by Crippen LogP contribution is -2.36. The molecule has 24 heteroatoms. The quantitative estimate of drug-likeness (QED) is 0.0567. The number of fused-ring (bicyclic) bond motifs is 6. The summed E-state index contributed by atoms with van der Waals surface area (Å²) in [6.45, 7) is 25.2. The van der Waals surface area contributed by atoms with Crippen molar-refractivity contribution in [2.75, 3.05) is 175 Å². The van der Waals surface area contributed by atoms with Crippen LogP contribution in [0.5, 0.6) is 17.2 Å². The Bertz CT molecular complexity index is 3460. The van der Waals surface area contributed by atoms with Crippen molar-refractivity contribution in [3.8, 4) is 17.2 Å². The summed E-state index contributed by atoms with van der Waals surface area (Å²) in [6, 6.07) is 17.0. The number of rotatable bonds is 10. The van der Waals surface area contributed by atoms with Gasteiger partial charge in [-0.25, -0.2) is 0 Å². The summed E-state index contributed by atoms with van der Waals surface area (Å²) in [7, 11) is 4.19. The first-order chi connectivity index (χ1) is 43.9. The summed E-state index contributed by atoms with van der Waals surface area (Å²) >= 11 is 5.17. The number of thioether (sulfide) groups is 3. The molecule has 6 aromatic carbocycles. The second kappa shape index (κ2) is 33.5. The largest absolute Gasteiger partial charge is 0.489 e. The molecular weight excluding hydrogens is 1220 g/mol. The van der Waals surface area contributed by atoms with Crippen molar-refractivity contribution < 1.29 is 18.9 Å². The summed E-state index contributed by atoms with van der Waals surface area (Å²) in [5, 5.41) is 10.1. The zero-order chi connectivity index (χ0) is 67.1. The molecule has 27 N–H and O–H groups in total. The number of nitrogens with zero attached hydrogens (tertiary/aromatic N) is 2. The van der Waals surface area contributed by atoms with E-state index in [1.54, 1.807) is 35.3 Å². The fraction of sp³-hybridized carbons (Fsp3) is 0.471. The molecule has 0 bridgehead atoms. The number of nitrogens with two attached hydrogens (primary N) is 12. The van der Waals surface area contributed by atoms with Gasteiger partial charge in [0.15, 0.2) is 17.2 Å². The molecule has 0 aliphatic carbocycles. The van der Waals surface area contributed by atoms with Gasteiger partial charge in [0.1, 0.15) is 12.2 Å². The minimum atomic E-state index is 0.205. The van der Waals surface area contributed by atoms with E-state index in [4.69, 9.17) is 87.8 Å². The van der Waals surface area contributed by atoms with Crippen LogP contribution in [0.25, 0.3) is 0 Å². The third kappa shape index (κ3) is 18.3. The Morgan fingerprint density at radius 1 is 0.511 bits per heavy atom. The van der Waals surface area contributed by atoms with Crippen LogP contribution in [-0.2, 0) is 24.0 Å². The van der Waals surface area contributed by atoms with Crippen LogP contribution in [0.1, 0.15) is 80.8 Å². The first-order valence-electron chi connectivity index (χ1n) is 32.0. The van der Waals surface area contributed by atoms with Gasteiger partial charge in [-0.05, 0) is 164 Å². The molecule has 0 radical (unpaired) electrons. The lowest BCUT2D eigenvalue weighted by atomic mass is 9.91. The summed E-state index contributed by atoms with van der Waals surface area (Å²) in [5.41, 5.74) is 90.1. The van der Waals surface area contributed by atoms with Gasteiger partial charge in [-0.1, -0.05) is 27.7 Å². The van der Waals surface area contributed by atoms with Crippen LogP contribution < -0.4 is 99.0 Å². The number of hydrogen-bond donors (Lipinski definition) is 15. The maximum atomic E-state index is 6.06. The highest BCUT2D eigenvalue weighted by atomic mass is 32.2. The highest BCUT2D eigenvalue weighted by Crippen LogP contribution is 2.47. The molecule has 5 unspecified atom stereocenters. The molecule has 504 valence electrons. The van der Waals surface area contributed by atoms with Crippen molar-refractivity contribution in [3.63, 3.8) is 0 Å². The zero-order valence-corrected chi connectivity index (χ0v) is 58.2. The van der Waals surface area contributed by atoms with Gasteiger partial charge >= 0.3 is 0 Å². The molecule has 6 aliphatic rings. The van der Waals surface area contributed by atoms with Crippen molar-refractivity contribution in [2.24, 2.45) is 11.8 Å². The molecule has 0 saturated carbocycles. The molecule has 92 heavy (non-hydrogen) atoms. The molecule has 21 nitrogen and oxygen atoms in total. The van der Waals surface area contributed by atoms with Gasteiger partial charge in [0.05, 0.1) is 78.6 Å². The molecule has 6 aromatic rings. The van der Waals surface area contributed by atoms with Crippen LogP contribution in [-0.4, -0.2) is 118 Å². The first kappa shape index (κ1) is 72.1. The van der Waals surface area contributed by atoms with Crippen molar-refractivity contribution in [1.82, 2.24) is 9.80 Å². The van der Waals surface area contributed by atoms with Crippen LogP contribution >= 0.6 is 35.3 Å². The van der Waals surface area contributed by atoms with E-state index in [1.807, 2.05) is 82.3 Å². The van der Waals surface area contributed by atoms with Gasteiger partial charge in [-0.2, -0.15) is 0 Å². The predicted octanol–water partition coefficient (Wildman–Crippen LogP) is 10.5. The number of benzene rings is 6. The van der Waals surface area contributed by atoms with Gasteiger partial charge in [0, 0.05) is 114 Å². The average molecular weight is 1320 g/mol. The van der Waals surface area contributed by atoms with Crippen molar-refractivity contribution in [2.45, 2.75) is 120 Å². The Kier molecular flexibility index (Phi) is 26.2. The standard InChI is InChI=1S/C14H24N4.C12H20N4.C12H19N3O.C11H16N2OS.C10H14N2OS.C9H12N2OS/c1-3-18(4-2)9-10-7-11-12(15)5-6-13(16)14(11)17-8-10;1-16(2)7-8-5-9-10(13)3-4-11(14)12(9)15-6-8;1-2-5-16-8-6-9-10(13)3-4-11(14)12(9)15-7-8;1-3-7-5-15-11-8(12)4-6(2)9(13)10(11)14-7;1-5-3-7(11)10-9(8(5)12)13-6(2)4-14-10;1-5-4-6(10)9-8(7(5)11)12-2-3-13-9/h5-6,10,17H,3-4,7-9,15-16H2,1-2H3;3-4,8,15H,5-7,13-14H2,1-2H3;3-4,8,15H,2,5-7,13-14H2,1H3;4,7H,3,5,12-13H2,1-2H3;3,6H,4,11-12H2,1-2H3;4H,2-3,10-11H2,1H3. The Labute approximate surface area is 558 Å². The van der Waals surface area contributed by atoms with Gasteiger partial charge in [0.2, 0.25) is 0 Å². The molecule has 0 spiro atoms. The van der Waals surface area contributed by atoms with E-state index >= 15 is 0 Å². The molecule has 5 atom stereocenters. The number of nitrogen functional groups attached to an aromatic ring is 12. The number of hydrogen-bond acceptors (Lipinski definition) is 24. The molecule has 0 fully saturated rings. The predicted molar refractivity (Wildman–Crippen MR) is 398 cm³/mol. The molecule has 6 heterocycles. The summed E-state index contributed by atoms with van der Waals surface area (Å²) in [5.74, 6) is 6.37. The monoisotopic (exact) mass is 1320 g/mol. The second-order valence-electron chi connectivity index (χ2n) is 24.5. The lowest BCUT2D eigenvalue weighted by molar-refractivity contribution is 0.0610. The molecule has 0 amide bonds. The second-order valence-corrected chi connectivity index (χ2v) is 27.6. The van der Waals surface area contributed by atoms with Crippen LogP contribution in [0.15, 0.2) is 69.3 Å². The molecule has 6 aliphatic heterocycles. The van der Waals surface area contributed by atoms with Crippen molar-refractivity contribution >= 4 is 121 Å². The van der Waals surface area contributed by atoms with E-state index in [0.29, 0.717) is 24.1 Å².